The first-order valence-corrected chi connectivity index (χ1v) is 16.0. The van der Waals surface area contributed by atoms with Crippen LogP contribution in [0.3, 0.4) is 0 Å². The van der Waals surface area contributed by atoms with Crippen molar-refractivity contribution in [2.75, 3.05) is 0 Å². The molecule has 45 heavy (non-hydrogen) atoms. The maximum absolute atomic E-state index is 5.34. The van der Waals surface area contributed by atoms with Crippen LogP contribution < -0.4 is 0 Å². The molecule has 9 rings (SSSR count). The van der Waals surface area contributed by atoms with Crippen LogP contribution in [0.2, 0.25) is 0 Å². The molecular weight excluding hydrogens is 565 g/mol. The number of hydrogen-bond donors (Lipinski definition) is 0. The number of fused-ring (bicyclic) bond motifs is 6. The number of nitrogens with zero attached hydrogens (tertiary/aromatic N) is 2. The van der Waals surface area contributed by atoms with Crippen molar-refractivity contribution in [2.24, 2.45) is 0 Å². The SMILES string of the molecule is c1ccc(-c2ccc(-c3nc4c(ccc5ccccc54)nc3-c3ccc(-c4cccc5sc6ccccc6c45)cc3)cc2)cc1. The topological polar surface area (TPSA) is 25.8 Å². The molecule has 3 heteroatoms. The van der Waals surface area contributed by atoms with E-state index in [1.165, 1.54) is 42.4 Å². The number of hydrogen-bond acceptors (Lipinski definition) is 3. The Hall–Kier alpha value is -5.64. The zero-order chi connectivity index (χ0) is 29.7. The van der Waals surface area contributed by atoms with Gasteiger partial charge in [-0.05, 0) is 45.8 Å². The Kier molecular flexibility index (Phi) is 6.03. The van der Waals surface area contributed by atoms with Gasteiger partial charge in [0.2, 0.25) is 0 Å². The van der Waals surface area contributed by atoms with E-state index < -0.39 is 0 Å². The largest absolute Gasteiger partial charge is 0.244 e. The third-order valence-corrected chi connectivity index (χ3v) is 9.83. The minimum absolute atomic E-state index is 0.885. The van der Waals surface area contributed by atoms with Crippen LogP contribution in [-0.2, 0) is 0 Å². The summed E-state index contributed by atoms with van der Waals surface area (Å²) in [6.07, 6.45) is 0. The highest BCUT2D eigenvalue weighted by Crippen LogP contribution is 2.41. The first kappa shape index (κ1) is 25.8. The predicted octanol–water partition coefficient (Wildman–Crippen LogP) is 11.8. The fourth-order valence-corrected chi connectivity index (χ4v) is 7.60. The van der Waals surface area contributed by atoms with Gasteiger partial charge in [0, 0.05) is 36.7 Å². The highest BCUT2D eigenvalue weighted by atomic mass is 32.1. The summed E-state index contributed by atoms with van der Waals surface area (Å²) in [5, 5.41) is 4.91. The van der Waals surface area contributed by atoms with Gasteiger partial charge in [-0.25, -0.2) is 9.97 Å². The molecule has 0 bridgehead atoms. The highest BCUT2D eigenvalue weighted by Gasteiger charge is 2.16. The summed E-state index contributed by atoms with van der Waals surface area (Å²) >= 11 is 1.85. The fraction of sp³-hybridized carbons (Fsp3) is 0. The van der Waals surface area contributed by atoms with Crippen molar-refractivity contribution < 1.29 is 0 Å². The zero-order valence-corrected chi connectivity index (χ0v) is 25.1. The minimum atomic E-state index is 0.885. The Bertz CT molecular complexity index is 2510. The first-order valence-electron chi connectivity index (χ1n) is 15.2. The minimum Gasteiger partial charge on any atom is -0.244 e. The molecule has 0 unspecified atom stereocenters. The summed E-state index contributed by atoms with van der Waals surface area (Å²) in [5.41, 5.74) is 10.5. The molecule has 0 aliphatic heterocycles. The second-order valence-electron chi connectivity index (χ2n) is 11.4. The van der Waals surface area contributed by atoms with E-state index in [9.17, 15) is 0 Å². The highest BCUT2D eigenvalue weighted by molar-refractivity contribution is 7.25. The lowest BCUT2D eigenvalue weighted by Gasteiger charge is -2.13. The molecule has 0 radical (unpaired) electrons. The van der Waals surface area contributed by atoms with Gasteiger partial charge in [-0.1, -0.05) is 140 Å². The van der Waals surface area contributed by atoms with Crippen molar-refractivity contribution in [1.29, 1.82) is 0 Å². The molecule has 0 spiro atoms. The average molecular weight is 591 g/mol. The Morgan fingerprint density at radius 2 is 0.978 bits per heavy atom. The van der Waals surface area contributed by atoms with Crippen molar-refractivity contribution in [3.8, 4) is 44.8 Å². The lowest BCUT2D eigenvalue weighted by Crippen LogP contribution is -1.96. The average Bonchev–Trinajstić information content (AvgIpc) is 3.51. The molecule has 9 aromatic rings. The molecule has 0 amide bonds. The van der Waals surface area contributed by atoms with Crippen molar-refractivity contribution in [3.63, 3.8) is 0 Å². The summed E-state index contributed by atoms with van der Waals surface area (Å²) in [7, 11) is 0. The molecule has 0 N–H and O–H groups in total. The van der Waals surface area contributed by atoms with Gasteiger partial charge in [-0.2, -0.15) is 0 Å². The fourth-order valence-electron chi connectivity index (χ4n) is 6.47. The standard InChI is InChI=1S/C42H26N2S/c1-2-9-27(10-3-1)28-17-21-32(22-18-28)41-40(43-36-26-25-29-11-4-5-12-34(29)42(36)44-41)31-23-19-30(20-24-31)33-14-8-16-38-39(33)35-13-6-7-15-37(35)45-38/h1-26H. The summed E-state index contributed by atoms with van der Waals surface area (Å²) in [6.45, 7) is 0. The van der Waals surface area contributed by atoms with Crippen LogP contribution in [0, 0.1) is 0 Å². The van der Waals surface area contributed by atoms with Gasteiger partial charge in [-0.15, -0.1) is 11.3 Å². The van der Waals surface area contributed by atoms with Crippen LogP contribution in [0.5, 0.6) is 0 Å². The van der Waals surface area contributed by atoms with Crippen molar-refractivity contribution in [2.45, 2.75) is 0 Å². The van der Waals surface area contributed by atoms with E-state index in [-0.39, 0.29) is 0 Å². The molecule has 0 atom stereocenters. The maximum Gasteiger partial charge on any atom is 0.0973 e. The van der Waals surface area contributed by atoms with E-state index in [0.29, 0.717) is 0 Å². The predicted molar refractivity (Wildman–Crippen MR) is 192 cm³/mol. The van der Waals surface area contributed by atoms with Crippen LogP contribution in [0.4, 0.5) is 0 Å². The molecule has 7 aromatic carbocycles. The number of benzene rings is 7. The molecule has 2 aromatic heterocycles. The van der Waals surface area contributed by atoms with E-state index in [1.807, 2.05) is 17.4 Å². The monoisotopic (exact) mass is 590 g/mol. The molecular formula is C42H26N2S. The number of aromatic nitrogens is 2. The quantitative estimate of drug-likeness (QED) is 0.191. The molecule has 2 heterocycles. The Balaban J connectivity index is 1.21. The lowest BCUT2D eigenvalue weighted by molar-refractivity contribution is 1.30. The maximum atomic E-state index is 5.34. The third kappa shape index (κ3) is 4.40. The molecule has 0 saturated heterocycles. The lowest BCUT2D eigenvalue weighted by atomic mass is 9.96. The van der Waals surface area contributed by atoms with Gasteiger partial charge in [0.25, 0.3) is 0 Å². The second-order valence-corrected chi connectivity index (χ2v) is 12.5. The van der Waals surface area contributed by atoms with E-state index in [0.717, 1.165) is 44.3 Å². The first-order chi connectivity index (χ1) is 22.3. The van der Waals surface area contributed by atoms with E-state index >= 15 is 0 Å². The van der Waals surface area contributed by atoms with Gasteiger partial charge >= 0.3 is 0 Å². The van der Waals surface area contributed by atoms with Crippen molar-refractivity contribution in [1.82, 2.24) is 9.97 Å². The van der Waals surface area contributed by atoms with Crippen LogP contribution in [0.25, 0.3) is 86.7 Å². The second kappa shape index (κ2) is 10.5. The van der Waals surface area contributed by atoms with Crippen LogP contribution >= 0.6 is 11.3 Å². The van der Waals surface area contributed by atoms with Crippen LogP contribution in [0.15, 0.2) is 158 Å². The smallest absolute Gasteiger partial charge is 0.0973 e. The normalized spacial score (nSPS) is 11.6. The van der Waals surface area contributed by atoms with E-state index in [2.05, 4.69) is 152 Å². The molecule has 0 aliphatic rings. The molecule has 210 valence electrons. The third-order valence-electron chi connectivity index (χ3n) is 8.70. The summed E-state index contributed by atoms with van der Waals surface area (Å²) in [4.78, 5) is 10.6. The van der Waals surface area contributed by atoms with Gasteiger partial charge in [0.1, 0.15) is 0 Å². The van der Waals surface area contributed by atoms with Gasteiger partial charge in [-0.3, -0.25) is 0 Å². The summed E-state index contributed by atoms with van der Waals surface area (Å²) < 4.78 is 2.63. The molecule has 0 aliphatic carbocycles. The van der Waals surface area contributed by atoms with Gasteiger partial charge < -0.3 is 0 Å². The van der Waals surface area contributed by atoms with Gasteiger partial charge in [0.15, 0.2) is 0 Å². The van der Waals surface area contributed by atoms with Crippen molar-refractivity contribution >= 4 is 53.3 Å². The Morgan fingerprint density at radius 3 is 1.78 bits per heavy atom. The summed E-state index contributed by atoms with van der Waals surface area (Å²) in [6, 6.07) is 56.0. The molecule has 0 fully saturated rings. The summed E-state index contributed by atoms with van der Waals surface area (Å²) in [5.74, 6) is 0. The van der Waals surface area contributed by atoms with Gasteiger partial charge in [0.05, 0.1) is 22.4 Å². The molecule has 0 saturated carbocycles. The van der Waals surface area contributed by atoms with E-state index in [4.69, 9.17) is 9.97 Å². The van der Waals surface area contributed by atoms with Crippen LogP contribution in [-0.4, -0.2) is 9.97 Å². The van der Waals surface area contributed by atoms with Crippen LogP contribution in [0.1, 0.15) is 0 Å². The molecule has 2 nitrogen and oxygen atoms in total. The number of thiophene rings is 1. The Labute approximate surface area is 264 Å². The van der Waals surface area contributed by atoms with Crippen molar-refractivity contribution in [3.05, 3.63) is 158 Å². The van der Waals surface area contributed by atoms with E-state index in [1.54, 1.807) is 0 Å². The Morgan fingerprint density at radius 1 is 0.378 bits per heavy atom. The number of rotatable bonds is 4. The zero-order valence-electron chi connectivity index (χ0n) is 24.3.